The average molecular weight is 265 g/mol. The Hall–Kier alpha value is -2.05. The van der Waals surface area contributed by atoms with Crippen LogP contribution in [0.15, 0.2) is 23.3 Å². The van der Waals surface area contributed by atoms with Crippen molar-refractivity contribution in [2.45, 2.75) is 0 Å². The van der Waals surface area contributed by atoms with Crippen LogP contribution in [0.3, 0.4) is 0 Å². The van der Waals surface area contributed by atoms with Gasteiger partial charge in [0.25, 0.3) is 0 Å². The van der Waals surface area contributed by atoms with Crippen molar-refractivity contribution < 1.29 is 9.53 Å². The average Bonchev–Trinajstić information content (AvgIpc) is 2.34. The molecule has 0 radical (unpaired) electrons. The van der Waals surface area contributed by atoms with E-state index in [1.54, 1.807) is 0 Å². The van der Waals surface area contributed by atoms with Crippen LogP contribution in [0.1, 0.15) is 0 Å². The van der Waals surface area contributed by atoms with Crippen molar-refractivity contribution >= 4 is 5.91 Å². The number of amides is 1. The van der Waals surface area contributed by atoms with Gasteiger partial charge in [-0.3, -0.25) is 9.69 Å². The van der Waals surface area contributed by atoms with E-state index in [9.17, 15) is 4.79 Å². The Morgan fingerprint density at radius 2 is 1.79 bits per heavy atom. The van der Waals surface area contributed by atoms with E-state index < -0.39 is 0 Å². The molecule has 7 heteroatoms. The second kappa shape index (κ2) is 3.97. The Kier molecular flexibility index (Phi) is 2.51. The normalized spacial score (nSPS) is 23.3. The lowest BCUT2D eigenvalue weighted by Crippen LogP contribution is -2.55. The van der Waals surface area contributed by atoms with Gasteiger partial charge in [-0.05, 0) is 0 Å². The number of rotatable bonds is 0. The molecule has 3 aliphatic rings. The molecule has 0 aliphatic carbocycles. The van der Waals surface area contributed by atoms with E-state index in [4.69, 9.17) is 4.74 Å². The van der Waals surface area contributed by atoms with E-state index in [1.165, 1.54) is 0 Å². The largest absolute Gasteiger partial charge is 0.474 e. The minimum Gasteiger partial charge on any atom is -0.474 e. The topological polar surface area (TPSA) is 51.3 Å². The summed E-state index contributed by atoms with van der Waals surface area (Å²) < 4.78 is 5.77. The fourth-order valence-corrected chi connectivity index (χ4v) is 2.81. The number of likely N-dealkylation sites (N-methyl/N-ethyl adjacent to an activating group) is 2. The van der Waals surface area contributed by atoms with Gasteiger partial charge in [-0.1, -0.05) is 0 Å². The molecule has 19 heavy (non-hydrogen) atoms. The molecular formula is C12H19N5O2. The maximum absolute atomic E-state index is 11.7. The van der Waals surface area contributed by atoms with Gasteiger partial charge >= 0.3 is 0 Å². The number of carbonyl (C=O) groups is 1. The zero-order valence-electron chi connectivity index (χ0n) is 11.7. The molecule has 0 aromatic rings. The molecule has 0 fully saturated rings. The molecule has 0 atom stereocenters. The van der Waals surface area contributed by atoms with Crippen LogP contribution in [0.5, 0.6) is 0 Å². The van der Waals surface area contributed by atoms with Crippen LogP contribution in [-0.4, -0.2) is 73.4 Å². The molecule has 0 saturated heterocycles. The summed E-state index contributed by atoms with van der Waals surface area (Å²) in [4.78, 5) is 19.8. The summed E-state index contributed by atoms with van der Waals surface area (Å²) >= 11 is 0. The standard InChI is InChI=1S/C12H19N5O2/c1-14-5-6-19-12-11(14)17(4)10-9(16(12)3)13-8(18)7-15(10)2/h5-7H2,1-4H3,(H,13,18). The second-order valence-electron chi connectivity index (χ2n) is 5.09. The van der Waals surface area contributed by atoms with Gasteiger partial charge in [0.1, 0.15) is 6.61 Å². The zero-order chi connectivity index (χ0) is 13.7. The first kappa shape index (κ1) is 12.0. The predicted octanol–water partition coefficient (Wildman–Crippen LogP) is -0.860. The van der Waals surface area contributed by atoms with Crippen molar-refractivity contribution in [3.8, 4) is 0 Å². The van der Waals surface area contributed by atoms with Crippen molar-refractivity contribution in [2.24, 2.45) is 0 Å². The van der Waals surface area contributed by atoms with Crippen LogP contribution in [0.25, 0.3) is 0 Å². The molecule has 7 nitrogen and oxygen atoms in total. The molecule has 0 saturated carbocycles. The van der Waals surface area contributed by atoms with Gasteiger partial charge in [-0.2, -0.15) is 0 Å². The summed E-state index contributed by atoms with van der Waals surface area (Å²) in [5, 5.41) is 2.93. The maximum Gasteiger partial charge on any atom is 0.245 e. The van der Waals surface area contributed by atoms with E-state index in [1.807, 2.05) is 30.9 Å². The van der Waals surface area contributed by atoms with Gasteiger partial charge in [0.2, 0.25) is 11.8 Å². The number of nitrogens with zero attached hydrogens (tertiary/aromatic N) is 4. The molecule has 3 aliphatic heterocycles. The summed E-state index contributed by atoms with van der Waals surface area (Å²) in [6.07, 6.45) is 0. The van der Waals surface area contributed by atoms with Crippen LogP contribution in [0.4, 0.5) is 0 Å². The van der Waals surface area contributed by atoms with E-state index in [0.717, 1.165) is 29.9 Å². The highest BCUT2D eigenvalue weighted by atomic mass is 16.5. The van der Waals surface area contributed by atoms with Crippen molar-refractivity contribution in [1.82, 2.24) is 24.9 Å². The van der Waals surface area contributed by atoms with E-state index in [-0.39, 0.29) is 5.91 Å². The Bertz CT molecular complexity index is 498. The summed E-state index contributed by atoms with van der Waals surface area (Å²) in [5.74, 6) is 3.56. The zero-order valence-corrected chi connectivity index (χ0v) is 11.7. The fraction of sp³-hybridized carbons (Fsp3) is 0.583. The number of ether oxygens (including phenoxy) is 1. The third-order valence-corrected chi connectivity index (χ3v) is 3.71. The first-order valence-electron chi connectivity index (χ1n) is 6.31. The van der Waals surface area contributed by atoms with Crippen LogP contribution in [0, 0.1) is 0 Å². The molecule has 3 heterocycles. The lowest BCUT2D eigenvalue weighted by Gasteiger charge is -2.47. The lowest BCUT2D eigenvalue weighted by molar-refractivity contribution is -0.123. The van der Waals surface area contributed by atoms with Gasteiger partial charge in [0.05, 0.1) is 13.1 Å². The quantitative estimate of drug-likeness (QED) is 0.615. The fourth-order valence-electron chi connectivity index (χ4n) is 2.81. The Morgan fingerprint density at radius 1 is 1.05 bits per heavy atom. The van der Waals surface area contributed by atoms with E-state index >= 15 is 0 Å². The minimum absolute atomic E-state index is 0.00489. The van der Waals surface area contributed by atoms with E-state index in [0.29, 0.717) is 13.2 Å². The molecule has 0 aromatic carbocycles. The number of carbonyl (C=O) groups excluding carboxylic acids is 1. The molecule has 0 aromatic heterocycles. The molecule has 0 unspecified atom stereocenters. The highest BCUT2D eigenvalue weighted by molar-refractivity contribution is 5.81. The summed E-state index contributed by atoms with van der Waals surface area (Å²) in [5.41, 5.74) is 0. The third-order valence-electron chi connectivity index (χ3n) is 3.71. The highest BCUT2D eigenvalue weighted by Crippen LogP contribution is 2.33. The molecule has 104 valence electrons. The predicted molar refractivity (Wildman–Crippen MR) is 68.9 cm³/mol. The molecule has 1 N–H and O–H groups in total. The van der Waals surface area contributed by atoms with Gasteiger partial charge in [-0.15, -0.1) is 0 Å². The first-order chi connectivity index (χ1) is 9.00. The van der Waals surface area contributed by atoms with Crippen LogP contribution >= 0.6 is 0 Å². The van der Waals surface area contributed by atoms with Gasteiger partial charge in [0.15, 0.2) is 17.5 Å². The number of hydrogen-bond acceptors (Lipinski definition) is 6. The smallest absolute Gasteiger partial charge is 0.245 e. The number of hydrogen-bond donors (Lipinski definition) is 1. The van der Waals surface area contributed by atoms with Gasteiger partial charge in [0, 0.05) is 28.2 Å². The van der Waals surface area contributed by atoms with Gasteiger partial charge in [-0.25, -0.2) is 0 Å². The monoisotopic (exact) mass is 265 g/mol. The van der Waals surface area contributed by atoms with Crippen molar-refractivity contribution in [1.29, 1.82) is 0 Å². The van der Waals surface area contributed by atoms with Crippen LogP contribution < -0.4 is 5.32 Å². The summed E-state index contributed by atoms with van der Waals surface area (Å²) in [6.45, 7) is 1.87. The highest BCUT2D eigenvalue weighted by Gasteiger charge is 2.39. The molecule has 0 spiro atoms. The molecule has 3 rings (SSSR count). The molecule has 0 bridgehead atoms. The van der Waals surface area contributed by atoms with Gasteiger partial charge < -0.3 is 24.8 Å². The van der Waals surface area contributed by atoms with Crippen LogP contribution in [-0.2, 0) is 9.53 Å². The second-order valence-corrected chi connectivity index (χ2v) is 5.09. The lowest BCUT2D eigenvalue weighted by atomic mass is 10.2. The SMILES string of the molecule is CN1CC(=O)NC2=C1N(C)C1=C(OCCN1C)N2C. The van der Waals surface area contributed by atoms with Crippen molar-refractivity contribution in [3.05, 3.63) is 23.3 Å². The number of nitrogens with one attached hydrogen (secondary N) is 1. The first-order valence-corrected chi connectivity index (χ1v) is 6.31. The van der Waals surface area contributed by atoms with Crippen molar-refractivity contribution in [2.75, 3.05) is 47.9 Å². The Balaban J connectivity index is 2.08. The Morgan fingerprint density at radius 3 is 2.53 bits per heavy atom. The minimum atomic E-state index is -0.00489. The van der Waals surface area contributed by atoms with E-state index in [2.05, 4.69) is 22.2 Å². The summed E-state index contributed by atoms with van der Waals surface area (Å²) in [6, 6.07) is 0. The third kappa shape index (κ3) is 1.61. The molecule has 1 amide bonds. The van der Waals surface area contributed by atoms with Crippen molar-refractivity contribution in [3.63, 3.8) is 0 Å². The van der Waals surface area contributed by atoms with Crippen LogP contribution in [0.2, 0.25) is 0 Å². The molecular weight excluding hydrogens is 246 g/mol. The summed E-state index contributed by atoms with van der Waals surface area (Å²) in [7, 11) is 7.88. The Labute approximate surface area is 112 Å². The maximum atomic E-state index is 11.7.